The number of likely N-dealkylation sites (N-methyl/N-ethyl adjacent to an activating group) is 1. The monoisotopic (exact) mass is 452 g/mol. The van der Waals surface area contributed by atoms with E-state index in [1.54, 1.807) is 30.3 Å². The fourth-order valence-corrected chi connectivity index (χ4v) is 2.43. The highest BCUT2D eigenvalue weighted by Gasteiger charge is 2.11. The van der Waals surface area contributed by atoms with E-state index in [1.807, 2.05) is 0 Å². The molecule has 11 heteroatoms. The number of amides is 3. The standard InChI is InChI=1S/C19H18Cl2N4O5/c1-22-18(27)19(28)25-23-9-11-3-6-15(16(7-11)29-2)30-10-17(26)24-12-4-5-13(20)14(21)8-12/h3-9H,10H2,1-2H3,(H,22,27)(H,24,26)(H,25,28)/b23-9-. The number of ether oxygens (including phenoxy) is 2. The minimum Gasteiger partial charge on any atom is -0.493 e. The molecular formula is C19H18Cl2N4O5. The molecule has 0 aliphatic rings. The maximum Gasteiger partial charge on any atom is 0.329 e. The molecule has 0 radical (unpaired) electrons. The molecule has 30 heavy (non-hydrogen) atoms. The minimum absolute atomic E-state index is 0.272. The molecule has 0 atom stereocenters. The van der Waals surface area contributed by atoms with Crippen LogP contribution in [0.5, 0.6) is 11.5 Å². The van der Waals surface area contributed by atoms with Crippen LogP contribution >= 0.6 is 23.2 Å². The topological polar surface area (TPSA) is 118 Å². The molecule has 3 amide bonds. The van der Waals surface area contributed by atoms with Crippen LogP contribution in [0.25, 0.3) is 0 Å². The van der Waals surface area contributed by atoms with Crippen LogP contribution in [-0.4, -0.2) is 44.7 Å². The maximum atomic E-state index is 12.1. The summed E-state index contributed by atoms with van der Waals surface area (Å²) in [6.45, 7) is -0.272. The summed E-state index contributed by atoms with van der Waals surface area (Å²) in [4.78, 5) is 34.5. The fraction of sp³-hybridized carbons (Fsp3) is 0.158. The Morgan fingerprint density at radius 1 is 1.03 bits per heavy atom. The zero-order valence-corrected chi connectivity index (χ0v) is 17.5. The third-order valence-electron chi connectivity index (χ3n) is 3.56. The molecule has 0 aromatic heterocycles. The van der Waals surface area contributed by atoms with E-state index in [4.69, 9.17) is 32.7 Å². The largest absolute Gasteiger partial charge is 0.493 e. The van der Waals surface area contributed by atoms with Crippen molar-refractivity contribution in [2.24, 2.45) is 5.10 Å². The first-order valence-corrected chi connectivity index (χ1v) is 9.20. The molecule has 2 aromatic rings. The summed E-state index contributed by atoms with van der Waals surface area (Å²) in [6, 6.07) is 9.50. The van der Waals surface area contributed by atoms with Gasteiger partial charge in [-0.1, -0.05) is 23.2 Å². The van der Waals surface area contributed by atoms with E-state index < -0.39 is 17.7 Å². The molecule has 3 N–H and O–H groups in total. The molecule has 2 rings (SSSR count). The predicted octanol–water partition coefficient (Wildman–Crippen LogP) is 2.22. The smallest absolute Gasteiger partial charge is 0.329 e. The Morgan fingerprint density at radius 2 is 1.80 bits per heavy atom. The number of nitrogens with zero attached hydrogens (tertiary/aromatic N) is 1. The van der Waals surface area contributed by atoms with Crippen LogP contribution in [0.15, 0.2) is 41.5 Å². The summed E-state index contributed by atoms with van der Waals surface area (Å²) in [5, 5.41) is 9.20. The molecule has 0 aliphatic carbocycles. The number of carbonyl (C=O) groups excluding carboxylic acids is 3. The minimum atomic E-state index is -0.895. The Balaban J connectivity index is 1.95. The summed E-state index contributed by atoms with van der Waals surface area (Å²) < 4.78 is 10.7. The molecule has 2 aromatic carbocycles. The van der Waals surface area contributed by atoms with Crippen LogP contribution in [0.2, 0.25) is 10.0 Å². The van der Waals surface area contributed by atoms with Crippen molar-refractivity contribution in [2.75, 3.05) is 26.1 Å². The van der Waals surface area contributed by atoms with Gasteiger partial charge >= 0.3 is 11.8 Å². The van der Waals surface area contributed by atoms with Gasteiger partial charge < -0.3 is 20.1 Å². The Hall–Kier alpha value is -3.30. The van der Waals surface area contributed by atoms with Crippen molar-refractivity contribution >= 4 is 52.8 Å². The van der Waals surface area contributed by atoms with Crippen molar-refractivity contribution in [1.82, 2.24) is 10.7 Å². The van der Waals surface area contributed by atoms with Crippen LogP contribution in [0.4, 0.5) is 5.69 Å². The molecule has 158 valence electrons. The lowest BCUT2D eigenvalue weighted by atomic mass is 10.2. The zero-order chi connectivity index (χ0) is 22.1. The van der Waals surface area contributed by atoms with Gasteiger partial charge in [-0.2, -0.15) is 5.10 Å². The molecule has 0 unspecified atom stereocenters. The number of hydrazone groups is 1. The van der Waals surface area contributed by atoms with Crippen molar-refractivity contribution < 1.29 is 23.9 Å². The summed E-state index contributed by atoms with van der Waals surface area (Å²) in [5.41, 5.74) is 3.13. The molecule has 9 nitrogen and oxygen atoms in total. The molecule has 0 fully saturated rings. The van der Waals surface area contributed by atoms with Crippen molar-refractivity contribution in [2.45, 2.75) is 0 Å². The SMILES string of the molecule is CNC(=O)C(=O)N/N=C\c1ccc(OCC(=O)Nc2ccc(Cl)c(Cl)c2)c(OC)c1. The van der Waals surface area contributed by atoms with Gasteiger partial charge in [-0.3, -0.25) is 14.4 Å². The lowest BCUT2D eigenvalue weighted by Gasteiger charge is -2.11. The summed E-state index contributed by atoms with van der Waals surface area (Å²) in [5.74, 6) is -1.44. The van der Waals surface area contributed by atoms with Crippen LogP contribution in [-0.2, 0) is 14.4 Å². The highest BCUT2D eigenvalue weighted by atomic mass is 35.5. The quantitative estimate of drug-likeness (QED) is 0.338. The van der Waals surface area contributed by atoms with Crippen LogP contribution < -0.4 is 25.5 Å². The molecule has 0 bridgehead atoms. The van der Waals surface area contributed by atoms with E-state index in [0.717, 1.165) is 0 Å². The average Bonchev–Trinajstić information content (AvgIpc) is 2.74. The van der Waals surface area contributed by atoms with E-state index in [-0.39, 0.29) is 6.61 Å². The third kappa shape index (κ3) is 6.64. The number of nitrogens with one attached hydrogen (secondary N) is 3. The Morgan fingerprint density at radius 3 is 2.47 bits per heavy atom. The number of hydrogen-bond acceptors (Lipinski definition) is 6. The van der Waals surface area contributed by atoms with Crippen molar-refractivity contribution in [3.05, 3.63) is 52.0 Å². The summed E-state index contributed by atoms with van der Waals surface area (Å²) >= 11 is 11.8. The molecule has 0 aliphatic heterocycles. The second-order valence-electron chi connectivity index (χ2n) is 5.65. The Bertz CT molecular complexity index is 981. The summed E-state index contributed by atoms with van der Waals surface area (Å²) in [7, 11) is 2.77. The van der Waals surface area contributed by atoms with Gasteiger partial charge in [0.15, 0.2) is 18.1 Å². The third-order valence-corrected chi connectivity index (χ3v) is 4.30. The van der Waals surface area contributed by atoms with E-state index >= 15 is 0 Å². The highest BCUT2D eigenvalue weighted by molar-refractivity contribution is 6.42. The van der Waals surface area contributed by atoms with Gasteiger partial charge in [0, 0.05) is 12.7 Å². The van der Waals surface area contributed by atoms with Crippen LogP contribution in [0.1, 0.15) is 5.56 Å². The van der Waals surface area contributed by atoms with Gasteiger partial charge in [-0.25, -0.2) is 5.43 Å². The highest BCUT2D eigenvalue weighted by Crippen LogP contribution is 2.28. The Kier molecular flexibility index (Phi) is 8.45. The van der Waals surface area contributed by atoms with Gasteiger partial charge in [0.1, 0.15) is 0 Å². The fourth-order valence-electron chi connectivity index (χ4n) is 2.13. The van der Waals surface area contributed by atoms with Gasteiger partial charge in [0.25, 0.3) is 5.91 Å². The summed E-state index contributed by atoms with van der Waals surface area (Å²) in [6.07, 6.45) is 1.32. The average molecular weight is 453 g/mol. The molecule has 0 heterocycles. The zero-order valence-electron chi connectivity index (χ0n) is 16.0. The first kappa shape index (κ1) is 23.0. The van der Waals surface area contributed by atoms with E-state index in [0.29, 0.717) is 32.8 Å². The van der Waals surface area contributed by atoms with Crippen LogP contribution in [0.3, 0.4) is 0 Å². The number of rotatable bonds is 7. The number of carbonyl (C=O) groups is 3. The molecule has 0 saturated carbocycles. The van der Waals surface area contributed by atoms with Gasteiger partial charge in [-0.15, -0.1) is 0 Å². The number of hydrogen-bond donors (Lipinski definition) is 3. The number of methoxy groups -OCH3 is 1. The van der Waals surface area contributed by atoms with Crippen molar-refractivity contribution in [3.63, 3.8) is 0 Å². The van der Waals surface area contributed by atoms with Gasteiger partial charge in [0.2, 0.25) is 0 Å². The molecule has 0 spiro atoms. The molecular weight excluding hydrogens is 435 g/mol. The van der Waals surface area contributed by atoms with E-state index in [2.05, 4.69) is 21.2 Å². The maximum absolute atomic E-state index is 12.1. The normalized spacial score (nSPS) is 10.4. The van der Waals surface area contributed by atoms with Crippen LogP contribution in [0, 0.1) is 0 Å². The molecule has 0 saturated heterocycles. The van der Waals surface area contributed by atoms with E-state index in [1.165, 1.54) is 26.4 Å². The Labute approximate surface area is 182 Å². The van der Waals surface area contributed by atoms with Gasteiger partial charge in [-0.05, 0) is 42.0 Å². The lowest BCUT2D eigenvalue weighted by Crippen LogP contribution is -2.35. The number of anilines is 1. The second-order valence-corrected chi connectivity index (χ2v) is 6.47. The van der Waals surface area contributed by atoms with Gasteiger partial charge in [0.05, 0.1) is 23.4 Å². The first-order chi connectivity index (χ1) is 14.3. The lowest BCUT2D eigenvalue weighted by molar-refractivity contribution is -0.138. The van der Waals surface area contributed by atoms with E-state index in [9.17, 15) is 14.4 Å². The number of halogens is 2. The van der Waals surface area contributed by atoms with Crippen molar-refractivity contribution in [3.8, 4) is 11.5 Å². The van der Waals surface area contributed by atoms with Crippen molar-refractivity contribution in [1.29, 1.82) is 0 Å². The predicted molar refractivity (Wildman–Crippen MR) is 113 cm³/mol. The second kappa shape index (κ2) is 11.0. The first-order valence-electron chi connectivity index (χ1n) is 8.45. The number of benzene rings is 2.